The van der Waals surface area contributed by atoms with Gasteiger partial charge in [-0.25, -0.2) is 9.69 Å². The Bertz CT molecular complexity index is 609. The third-order valence-electron chi connectivity index (χ3n) is 3.63. The molecular weight excluding hydrogens is 335 g/mol. The molecule has 1 atom stereocenters. The summed E-state index contributed by atoms with van der Waals surface area (Å²) in [6.45, 7) is 0. The first-order valence-electron chi connectivity index (χ1n) is 6.26. The van der Waals surface area contributed by atoms with Crippen molar-refractivity contribution < 1.29 is 14.3 Å². The first-order chi connectivity index (χ1) is 9.98. The quantitative estimate of drug-likeness (QED) is 0.836. The number of hydrogen-bond donors (Lipinski definition) is 1. The normalized spacial score (nSPS) is 24.8. The maximum atomic E-state index is 12.6. The maximum Gasteiger partial charge on any atom is 0.329 e. The fourth-order valence-corrected chi connectivity index (χ4v) is 4.51. The highest BCUT2D eigenvalue weighted by Crippen LogP contribution is 2.40. The molecule has 21 heavy (non-hydrogen) atoms. The van der Waals surface area contributed by atoms with Gasteiger partial charge in [-0.3, -0.25) is 4.79 Å². The highest BCUT2D eigenvalue weighted by atomic mass is 35.5. The van der Waals surface area contributed by atoms with Crippen LogP contribution in [0.5, 0.6) is 5.75 Å². The van der Waals surface area contributed by atoms with Crippen LogP contribution in [-0.4, -0.2) is 36.1 Å². The Morgan fingerprint density at radius 3 is 2.52 bits per heavy atom. The number of amides is 3. The second-order valence-corrected chi connectivity index (χ2v) is 6.82. The van der Waals surface area contributed by atoms with E-state index in [1.165, 1.54) is 19.2 Å². The first-order valence-corrected chi connectivity index (χ1v) is 8.17. The summed E-state index contributed by atoms with van der Waals surface area (Å²) in [4.78, 5) is 25.9. The fraction of sp³-hybridized carbons (Fsp3) is 0.385. The number of carbonyl (C=O) groups is 2. The molecule has 2 aliphatic rings. The number of carbonyl (C=O) groups excluding carboxylic acids is 2. The molecule has 1 aromatic rings. The van der Waals surface area contributed by atoms with Crippen LogP contribution in [0.3, 0.4) is 0 Å². The molecule has 2 heterocycles. The topological polar surface area (TPSA) is 58.6 Å². The van der Waals surface area contributed by atoms with E-state index in [-0.39, 0.29) is 16.0 Å². The lowest BCUT2D eigenvalue weighted by molar-refractivity contribution is -0.121. The smallest absolute Gasteiger partial charge is 0.329 e. The molecule has 3 rings (SSSR count). The number of rotatable bonds is 2. The Hall–Kier alpha value is -1.11. The lowest BCUT2D eigenvalue weighted by Crippen LogP contribution is -2.47. The number of hydrogen-bond acceptors (Lipinski definition) is 4. The highest BCUT2D eigenvalue weighted by molar-refractivity contribution is 7.99. The standard InChI is InChI=1S/C13H12Cl2N2O3S/c1-20-10-8(14)4-7(5-9(10)15)17-11(18)13(16-12(17)19)2-3-21-6-13/h4-5H,2-3,6H2,1H3,(H,16,19). The minimum absolute atomic E-state index is 0.252. The molecule has 1 aromatic carbocycles. The average molecular weight is 347 g/mol. The third kappa shape index (κ3) is 2.25. The van der Waals surface area contributed by atoms with Crippen molar-refractivity contribution in [1.82, 2.24) is 5.32 Å². The van der Waals surface area contributed by atoms with E-state index in [0.29, 0.717) is 23.6 Å². The highest BCUT2D eigenvalue weighted by Gasteiger charge is 2.53. The summed E-state index contributed by atoms with van der Waals surface area (Å²) in [7, 11) is 1.45. The second-order valence-electron chi connectivity index (χ2n) is 4.90. The Kier molecular flexibility index (Phi) is 3.71. The fourth-order valence-electron chi connectivity index (χ4n) is 2.56. The van der Waals surface area contributed by atoms with Crippen LogP contribution < -0.4 is 15.0 Å². The summed E-state index contributed by atoms with van der Waals surface area (Å²) >= 11 is 13.8. The van der Waals surface area contributed by atoms with Crippen LogP contribution >= 0.6 is 35.0 Å². The third-order valence-corrected chi connectivity index (χ3v) is 5.38. The Labute approximate surface area is 135 Å². The Morgan fingerprint density at radius 2 is 2.00 bits per heavy atom. The summed E-state index contributed by atoms with van der Waals surface area (Å²) in [6, 6.07) is 2.57. The molecule has 2 fully saturated rings. The molecule has 1 spiro atoms. The van der Waals surface area contributed by atoms with E-state index >= 15 is 0 Å². The van der Waals surface area contributed by atoms with Crippen molar-refractivity contribution in [1.29, 1.82) is 0 Å². The van der Waals surface area contributed by atoms with Crippen LogP contribution in [0.1, 0.15) is 6.42 Å². The summed E-state index contributed by atoms with van der Waals surface area (Å²) in [5.74, 6) is 1.51. The Morgan fingerprint density at radius 1 is 1.33 bits per heavy atom. The SMILES string of the molecule is COc1c(Cl)cc(N2C(=O)NC3(CCSC3)C2=O)cc1Cl. The van der Waals surface area contributed by atoms with Crippen LogP contribution in [0.15, 0.2) is 12.1 Å². The first kappa shape index (κ1) is 14.8. The van der Waals surface area contributed by atoms with Crippen LogP contribution in [-0.2, 0) is 4.79 Å². The van der Waals surface area contributed by atoms with Crippen LogP contribution in [0.4, 0.5) is 10.5 Å². The lowest BCUT2D eigenvalue weighted by atomic mass is 9.99. The summed E-state index contributed by atoms with van der Waals surface area (Å²) in [5, 5.41) is 3.30. The minimum Gasteiger partial charge on any atom is -0.494 e. The molecule has 5 nitrogen and oxygen atoms in total. The van der Waals surface area contributed by atoms with Gasteiger partial charge in [-0.1, -0.05) is 23.2 Å². The largest absolute Gasteiger partial charge is 0.494 e. The van der Waals surface area contributed by atoms with E-state index in [1.807, 2.05) is 0 Å². The molecule has 0 saturated carbocycles. The van der Waals surface area contributed by atoms with Crippen LogP contribution in [0.25, 0.3) is 0 Å². The van der Waals surface area contributed by atoms with Crippen molar-refractivity contribution in [2.75, 3.05) is 23.5 Å². The number of nitrogens with one attached hydrogen (secondary N) is 1. The van der Waals surface area contributed by atoms with Gasteiger partial charge in [-0.15, -0.1) is 0 Å². The van der Waals surface area contributed by atoms with Gasteiger partial charge in [-0.2, -0.15) is 11.8 Å². The van der Waals surface area contributed by atoms with E-state index in [0.717, 1.165) is 10.7 Å². The van der Waals surface area contributed by atoms with Gasteiger partial charge in [0, 0.05) is 5.75 Å². The van der Waals surface area contributed by atoms with Crippen molar-refractivity contribution in [3.8, 4) is 5.75 Å². The Balaban J connectivity index is 2.01. The molecular formula is C13H12Cl2N2O3S. The number of benzene rings is 1. The van der Waals surface area contributed by atoms with Crippen molar-refractivity contribution >= 4 is 52.6 Å². The number of ether oxygens (including phenoxy) is 1. The zero-order valence-corrected chi connectivity index (χ0v) is 13.4. The van der Waals surface area contributed by atoms with E-state index in [1.54, 1.807) is 11.8 Å². The van der Waals surface area contributed by atoms with Crippen molar-refractivity contribution in [3.05, 3.63) is 22.2 Å². The monoisotopic (exact) mass is 346 g/mol. The molecule has 1 unspecified atom stereocenters. The van der Waals surface area contributed by atoms with Gasteiger partial charge in [-0.05, 0) is 24.3 Å². The predicted molar refractivity (Wildman–Crippen MR) is 83.7 cm³/mol. The van der Waals surface area contributed by atoms with Crippen molar-refractivity contribution in [2.24, 2.45) is 0 Å². The number of anilines is 1. The molecule has 8 heteroatoms. The molecule has 1 N–H and O–H groups in total. The number of urea groups is 1. The number of nitrogens with zero attached hydrogens (tertiary/aromatic N) is 1. The zero-order chi connectivity index (χ0) is 15.2. The van der Waals surface area contributed by atoms with Gasteiger partial charge >= 0.3 is 6.03 Å². The van der Waals surface area contributed by atoms with E-state index in [4.69, 9.17) is 27.9 Å². The van der Waals surface area contributed by atoms with Gasteiger partial charge in [0.2, 0.25) is 0 Å². The van der Waals surface area contributed by atoms with E-state index in [9.17, 15) is 9.59 Å². The van der Waals surface area contributed by atoms with Crippen LogP contribution in [0, 0.1) is 0 Å². The molecule has 0 aliphatic carbocycles. The minimum atomic E-state index is -0.791. The maximum absolute atomic E-state index is 12.6. The van der Waals surface area contributed by atoms with Crippen molar-refractivity contribution in [3.63, 3.8) is 0 Å². The van der Waals surface area contributed by atoms with Gasteiger partial charge in [0.25, 0.3) is 5.91 Å². The summed E-state index contributed by atoms with van der Waals surface area (Å²) in [6.07, 6.45) is 0.635. The summed E-state index contributed by atoms with van der Waals surface area (Å²) in [5.41, 5.74) is -0.442. The molecule has 2 saturated heterocycles. The number of halogens is 2. The molecule has 0 radical (unpaired) electrons. The number of thioether (sulfide) groups is 1. The predicted octanol–water partition coefficient (Wildman–Crippen LogP) is 2.93. The average Bonchev–Trinajstić information content (AvgIpc) is 2.96. The van der Waals surface area contributed by atoms with E-state index in [2.05, 4.69) is 5.32 Å². The molecule has 0 aromatic heterocycles. The number of methoxy groups -OCH3 is 1. The molecule has 112 valence electrons. The number of imide groups is 1. The van der Waals surface area contributed by atoms with Gasteiger partial charge in [0.1, 0.15) is 5.54 Å². The van der Waals surface area contributed by atoms with Gasteiger partial charge in [0.15, 0.2) is 5.75 Å². The molecule has 3 amide bonds. The second kappa shape index (κ2) is 5.26. The zero-order valence-electron chi connectivity index (χ0n) is 11.1. The summed E-state index contributed by atoms with van der Waals surface area (Å²) < 4.78 is 5.07. The van der Waals surface area contributed by atoms with Crippen molar-refractivity contribution in [2.45, 2.75) is 12.0 Å². The van der Waals surface area contributed by atoms with Gasteiger partial charge in [0.05, 0.1) is 22.8 Å². The lowest BCUT2D eigenvalue weighted by Gasteiger charge is -2.19. The molecule has 2 aliphatic heterocycles. The van der Waals surface area contributed by atoms with Crippen LogP contribution in [0.2, 0.25) is 10.0 Å². The molecule has 0 bridgehead atoms. The van der Waals surface area contributed by atoms with E-state index < -0.39 is 11.6 Å². The van der Waals surface area contributed by atoms with Gasteiger partial charge < -0.3 is 10.1 Å².